The van der Waals surface area contributed by atoms with Gasteiger partial charge in [0.25, 0.3) is 0 Å². The number of hydrogen-bond acceptors (Lipinski definition) is 2. The van der Waals surface area contributed by atoms with Crippen LogP contribution in [0.1, 0.15) is 34.7 Å². The van der Waals surface area contributed by atoms with Gasteiger partial charge in [-0.3, -0.25) is 0 Å². The molecule has 12 rings (SSSR count). The van der Waals surface area contributed by atoms with Crippen LogP contribution in [0.3, 0.4) is 0 Å². The van der Waals surface area contributed by atoms with Crippen LogP contribution in [-0.4, -0.2) is 0 Å². The number of fused-ring (bicyclic) bond motifs is 3. The summed E-state index contributed by atoms with van der Waals surface area (Å²) < 4.78 is 0. The lowest BCUT2D eigenvalue weighted by molar-refractivity contribution is 0.768. The van der Waals surface area contributed by atoms with Crippen molar-refractivity contribution >= 4 is 29.7 Å². The Bertz CT molecular complexity index is 3630. The number of rotatable bonds is 11. The Morgan fingerprint density at radius 3 is 1.32 bits per heavy atom. The van der Waals surface area contributed by atoms with Crippen LogP contribution < -0.4 is 4.90 Å². The molecule has 0 saturated heterocycles. The van der Waals surface area contributed by atoms with E-state index in [4.69, 9.17) is 12.6 Å². The maximum absolute atomic E-state index is 4.91. The van der Waals surface area contributed by atoms with Crippen LogP contribution in [0.15, 0.2) is 278 Å². The van der Waals surface area contributed by atoms with Crippen molar-refractivity contribution in [3.8, 4) is 66.8 Å². The summed E-state index contributed by atoms with van der Waals surface area (Å²) in [6.45, 7) is 2.21. The molecule has 11 aromatic carbocycles. The van der Waals surface area contributed by atoms with Crippen molar-refractivity contribution in [3.05, 3.63) is 301 Å². The van der Waals surface area contributed by atoms with Crippen molar-refractivity contribution in [2.75, 3.05) is 4.90 Å². The van der Waals surface area contributed by atoms with Gasteiger partial charge in [-0.15, -0.1) is 12.6 Å². The highest BCUT2D eigenvalue weighted by atomic mass is 32.1. The van der Waals surface area contributed by atoms with Crippen molar-refractivity contribution < 1.29 is 0 Å². The van der Waals surface area contributed by atoms with Gasteiger partial charge < -0.3 is 4.90 Å². The monoisotopic (exact) mass is 925 g/mol. The third-order valence-electron chi connectivity index (χ3n) is 14.5. The first kappa shape index (κ1) is 43.8. The lowest BCUT2D eigenvalue weighted by Gasteiger charge is -2.33. The molecule has 0 aliphatic heterocycles. The summed E-state index contributed by atoms with van der Waals surface area (Å²) in [4.78, 5) is 3.36. The summed E-state index contributed by atoms with van der Waals surface area (Å²) >= 11 is 4.91. The minimum atomic E-state index is -0.412. The van der Waals surface area contributed by atoms with Gasteiger partial charge in [0.1, 0.15) is 0 Å². The first-order valence-corrected chi connectivity index (χ1v) is 25.1. The van der Waals surface area contributed by atoms with E-state index in [1.54, 1.807) is 0 Å². The summed E-state index contributed by atoms with van der Waals surface area (Å²) in [6, 6.07) is 99.8. The summed E-state index contributed by atoms with van der Waals surface area (Å²) in [7, 11) is 0. The molecule has 2 heteroatoms. The third-order valence-corrected chi connectivity index (χ3v) is 14.9. The molecule has 0 N–H and O–H groups in total. The maximum atomic E-state index is 4.91. The zero-order valence-electron chi connectivity index (χ0n) is 39.6. The average Bonchev–Trinajstić information content (AvgIpc) is 3.75. The van der Waals surface area contributed by atoms with E-state index in [0.29, 0.717) is 0 Å². The topological polar surface area (TPSA) is 3.24 Å². The first-order chi connectivity index (χ1) is 35.1. The molecule has 0 saturated carbocycles. The van der Waals surface area contributed by atoms with Crippen molar-refractivity contribution in [1.29, 1.82) is 0 Å². The molecule has 0 fully saturated rings. The fraction of sp³-hybridized carbons (Fsp3) is 0.0435. The van der Waals surface area contributed by atoms with Gasteiger partial charge in [-0.05, 0) is 156 Å². The largest absolute Gasteiger partial charge is 0.310 e. The number of benzene rings is 11. The summed E-state index contributed by atoms with van der Waals surface area (Å²) in [6.07, 6.45) is 0.966. The molecular formula is C69H51NS. The summed E-state index contributed by atoms with van der Waals surface area (Å²) in [5.74, 6) is 0. The Morgan fingerprint density at radius 2 is 0.732 bits per heavy atom. The van der Waals surface area contributed by atoms with Gasteiger partial charge >= 0.3 is 0 Å². The van der Waals surface area contributed by atoms with Gasteiger partial charge in [0.2, 0.25) is 0 Å². The molecule has 0 spiro atoms. The van der Waals surface area contributed by atoms with Crippen LogP contribution in [-0.2, 0) is 11.8 Å². The molecule has 71 heavy (non-hydrogen) atoms. The Labute approximate surface area is 423 Å². The van der Waals surface area contributed by atoms with Crippen LogP contribution >= 0.6 is 12.6 Å². The average molecular weight is 926 g/mol. The zero-order chi connectivity index (χ0) is 47.7. The van der Waals surface area contributed by atoms with E-state index in [-0.39, 0.29) is 0 Å². The molecule has 0 amide bonds. The summed E-state index contributed by atoms with van der Waals surface area (Å²) in [5, 5.41) is 0. The molecule has 0 radical (unpaired) electrons. The first-order valence-electron chi connectivity index (χ1n) is 24.6. The van der Waals surface area contributed by atoms with E-state index in [2.05, 4.69) is 285 Å². The standard InChI is InChI=1S/C69H51NS/c1-2-48-18-12-13-29-62(48)65-47-56(39-43-68(65)71)52-36-40-59(41-37-52)70(60-27-16-21-53(44-60)49-19-6-3-7-20-49)61-28-17-22-54(45-61)50-32-34-51(35-33-50)55-38-42-67-64(46-55)63-30-14-15-31-66(63)69(67,57-23-8-4-9-24-57)58-25-10-5-11-26-58/h3-47,71H,2H2,1H3. The zero-order valence-corrected chi connectivity index (χ0v) is 40.5. The van der Waals surface area contributed by atoms with E-state index in [0.717, 1.165) is 56.2 Å². The Morgan fingerprint density at radius 1 is 0.310 bits per heavy atom. The highest BCUT2D eigenvalue weighted by Crippen LogP contribution is 2.56. The van der Waals surface area contributed by atoms with Crippen molar-refractivity contribution in [1.82, 2.24) is 0 Å². The lowest BCUT2D eigenvalue weighted by atomic mass is 9.67. The second-order valence-electron chi connectivity index (χ2n) is 18.5. The molecule has 0 unspecified atom stereocenters. The summed E-state index contributed by atoms with van der Waals surface area (Å²) in [5.41, 5.74) is 23.7. The van der Waals surface area contributed by atoms with Crippen LogP contribution in [0.4, 0.5) is 17.1 Å². The van der Waals surface area contributed by atoms with Crippen molar-refractivity contribution in [2.24, 2.45) is 0 Å². The highest BCUT2D eigenvalue weighted by molar-refractivity contribution is 7.80. The molecular weight excluding hydrogens is 875 g/mol. The van der Waals surface area contributed by atoms with Gasteiger partial charge in [-0.1, -0.05) is 225 Å². The van der Waals surface area contributed by atoms with Crippen LogP contribution in [0, 0.1) is 0 Å². The van der Waals surface area contributed by atoms with Gasteiger partial charge in [0.05, 0.1) is 5.41 Å². The quantitative estimate of drug-likeness (QED) is 0.127. The Hall–Kier alpha value is -8.43. The van der Waals surface area contributed by atoms with Crippen LogP contribution in [0.2, 0.25) is 0 Å². The molecule has 0 heterocycles. The molecule has 0 atom stereocenters. The van der Waals surface area contributed by atoms with Gasteiger partial charge in [0.15, 0.2) is 0 Å². The number of nitrogens with zero attached hydrogens (tertiary/aromatic N) is 1. The predicted molar refractivity (Wildman–Crippen MR) is 302 cm³/mol. The SMILES string of the molecule is CCc1ccccc1-c1cc(-c2ccc(N(c3cccc(-c4ccccc4)c3)c3cccc(-c4ccc(-c5ccc6c(c5)-c5ccccc5C6(c5ccccc5)c5ccccc5)cc4)c3)cc2)ccc1S. The van der Waals surface area contributed by atoms with E-state index in [9.17, 15) is 0 Å². The molecule has 0 aromatic heterocycles. The fourth-order valence-electron chi connectivity index (χ4n) is 11.0. The molecule has 0 bridgehead atoms. The minimum Gasteiger partial charge on any atom is -0.310 e. The third kappa shape index (κ3) is 7.97. The van der Waals surface area contributed by atoms with E-state index >= 15 is 0 Å². The Kier molecular flexibility index (Phi) is 11.6. The van der Waals surface area contributed by atoms with Gasteiger partial charge in [-0.25, -0.2) is 0 Å². The van der Waals surface area contributed by atoms with Crippen LogP contribution in [0.25, 0.3) is 66.8 Å². The normalized spacial score (nSPS) is 12.3. The van der Waals surface area contributed by atoms with E-state index in [1.165, 1.54) is 66.8 Å². The minimum absolute atomic E-state index is 0.412. The molecule has 338 valence electrons. The smallest absolute Gasteiger partial charge is 0.0713 e. The second-order valence-corrected chi connectivity index (χ2v) is 18.9. The number of hydrogen-bond donors (Lipinski definition) is 1. The lowest BCUT2D eigenvalue weighted by Crippen LogP contribution is -2.28. The number of aryl methyl sites for hydroxylation is 1. The van der Waals surface area contributed by atoms with E-state index < -0.39 is 5.41 Å². The second kappa shape index (κ2) is 18.8. The predicted octanol–water partition coefficient (Wildman–Crippen LogP) is 18.7. The molecule has 11 aromatic rings. The molecule has 1 aliphatic rings. The maximum Gasteiger partial charge on any atom is 0.0713 e. The van der Waals surface area contributed by atoms with Crippen LogP contribution in [0.5, 0.6) is 0 Å². The van der Waals surface area contributed by atoms with Gasteiger partial charge in [-0.2, -0.15) is 0 Å². The van der Waals surface area contributed by atoms with Gasteiger partial charge in [0, 0.05) is 22.0 Å². The van der Waals surface area contributed by atoms with Crippen molar-refractivity contribution in [2.45, 2.75) is 23.7 Å². The molecule has 1 aliphatic carbocycles. The molecule has 1 nitrogen and oxygen atoms in total. The number of anilines is 3. The Balaban J connectivity index is 0.898. The van der Waals surface area contributed by atoms with Crippen molar-refractivity contribution in [3.63, 3.8) is 0 Å². The van der Waals surface area contributed by atoms with E-state index in [1.807, 2.05) is 0 Å². The fourth-order valence-corrected chi connectivity index (χ4v) is 11.3. The number of thiol groups is 1. The highest BCUT2D eigenvalue weighted by Gasteiger charge is 2.46.